The Bertz CT molecular complexity index is 359. The van der Waals surface area contributed by atoms with Gasteiger partial charge >= 0.3 is 0 Å². The summed E-state index contributed by atoms with van der Waals surface area (Å²) in [6.45, 7) is 0.935. The van der Waals surface area contributed by atoms with Crippen LogP contribution >= 0.6 is 11.5 Å². The van der Waals surface area contributed by atoms with Crippen molar-refractivity contribution >= 4 is 16.7 Å². The summed E-state index contributed by atoms with van der Waals surface area (Å²) in [6.07, 6.45) is 5.25. The quantitative estimate of drug-likeness (QED) is 0.790. The van der Waals surface area contributed by atoms with Crippen molar-refractivity contribution in [3.63, 3.8) is 0 Å². The maximum absolute atomic E-state index is 9.04. The van der Waals surface area contributed by atoms with E-state index in [1.165, 1.54) is 24.4 Å². The zero-order chi connectivity index (χ0) is 12.8. The van der Waals surface area contributed by atoms with Gasteiger partial charge in [0.1, 0.15) is 5.82 Å². The van der Waals surface area contributed by atoms with Crippen molar-refractivity contribution in [2.75, 3.05) is 25.6 Å². The van der Waals surface area contributed by atoms with Crippen molar-refractivity contribution in [1.82, 2.24) is 9.36 Å². The maximum atomic E-state index is 9.04. The minimum atomic E-state index is 0.276. The summed E-state index contributed by atoms with van der Waals surface area (Å²) in [7, 11) is 1.68. The highest BCUT2D eigenvalue weighted by atomic mass is 32.1. The van der Waals surface area contributed by atoms with E-state index in [2.05, 4.69) is 14.7 Å². The van der Waals surface area contributed by atoms with Crippen LogP contribution in [0.15, 0.2) is 0 Å². The third kappa shape index (κ3) is 3.63. The number of hydrogen-bond donors (Lipinski definition) is 2. The minimum Gasteiger partial charge on any atom is -0.396 e. The lowest BCUT2D eigenvalue weighted by Crippen LogP contribution is -2.24. The zero-order valence-electron chi connectivity index (χ0n) is 10.8. The van der Waals surface area contributed by atoms with E-state index in [1.807, 2.05) is 0 Å². The molecule has 0 radical (unpaired) electrons. The Hall–Kier alpha value is -0.720. The molecular weight excluding hydrogens is 250 g/mol. The van der Waals surface area contributed by atoms with Crippen LogP contribution in [0.3, 0.4) is 0 Å². The molecule has 2 N–H and O–H groups in total. The predicted molar refractivity (Wildman–Crippen MR) is 71.9 cm³/mol. The SMILES string of the molecule is COCCc1nsc(NC2CCCC2CCO)n1. The van der Waals surface area contributed by atoms with E-state index in [0.29, 0.717) is 18.6 Å². The molecule has 2 unspecified atom stereocenters. The molecule has 1 aromatic heterocycles. The van der Waals surface area contributed by atoms with Crippen molar-refractivity contribution in [3.05, 3.63) is 5.82 Å². The fourth-order valence-corrected chi connectivity index (χ4v) is 3.18. The first-order valence-corrected chi connectivity index (χ1v) is 7.29. The highest BCUT2D eigenvalue weighted by Gasteiger charge is 2.27. The van der Waals surface area contributed by atoms with Gasteiger partial charge in [-0.15, -0.1) is 0 Å². The lowest BCUT2D eigenvalue weighted by atomic mass is 10.0. The van der Waals surface area contributed by atoms with E-state index >= 15 is 0 Å². The molecule has 0 bridgehead atoms. The van der Waals surface area contributed by atoms with E-state index in [4.69, 9.17) is 9.84 Å². The van der Waals surface area contributed by atoms with Crippen LogP contribution in [0.2, 0.25) is 0 Å². The fourth-order valence-electron chi connectivity index (χ4n) is 2.50. The van der Waals surface area contributed by atoms with Gasteiger partial charge in [0.2, 0.25) is 5.13 Å². The van der Waals surface area contributed by atoms with Crippen LogP contribution in [0.1, 0.15) is 31.5 Å². The van der Waals surface area contributed by atoms with E-state index in [1.54, 1.807) is 7.11 Å². The Morgan fingerprint density at radius 1 is 1.50 bits per heavy atom. The molecule has 0 saturated heterocycles. The Labute approximate surface area is 112 Å². The summed E-state index contributed by atoms with van der Waals surface area (Å²) in [5, 5.41) is 13.4. The topological polar surface area (TPSA) is 67.3 Å². The molecule has 2 atom stereocenters. The predicted octanol–water partition coefficient (Wildman–Crippen LogP) is 1.69. The lowest BCUT2D eigenvalue weighted by molar-refractivity contribution is 0.201. The molecule has 5 nitrogen and oxygen atoms in total. The number of anilines is 1. The molecule has 1 aromatic rings. The third-order valence-corrected chi connectivity index (χ3v) is 4.15. The molecule has 1 aliphatic rings. The number of hydrogen-bond acceptors (Lipinski definition) is 6. The Kier molecular flexibility index (Phi) is 5.34. The van der Waals surface area contributed by atoms with E-state index < -0.39 is 0 Å². The lowest BCUT2D eigenvalue weighted by Gasteiger charge is -2.19. The number of ether oxygens (including phenoxy) is 1. The van der Waals surface area contributed by atoms with Crippen LogP contribution in [-0.2, 0) is 11.2 Å². The summed E-state index contributed by atoms with van der Waals surface area (Å²) in [5.41, 5.74) is 0. The zero-order valence-corrected chi connectivity index (χ0v) is 11.6. The van der Waals surface area contributed by atoms with Crippen molar-refractivity contribution in [2.24, 2.45) is 5.92 Å². The summed E-state index contributed by atoms with van der Waals surface area (Å²) >= 11 is 1.42. The Balaban J connectivity index is 1.86. The standard InChI is InChI=1S/C12H21N3O2S/c1-17-8-6-11-14-12(18-15-11)13-10-4-2-3-9(10)5-7-16/h9-10,16H,2-8H2,1H3,(H,13,14,15). The Morgan fingerprint density at radius 2 is 2.39 bits per heavy atom. The van der Waals surface area contributed by atoms with E-state index in [-0.39, 0.29) is 6.61 Å². The van der Waals surface area contributed by atoms with Crippen molar-refractivity contribution in [3.8, 4) is 0 Å². The van der Waals surface area contributed by atoms with Crippen LogP contribution in [0.4, 0.5) is 5.13 Å². The molecule has 1 aliphatic carbocycles. The van der Waals surface area contributed by atoms with Crippen molar-refractivity contribution in [1.29, 1.82) is 0 Å². The van der Waals surface area contributed by atoms with Gasteiger partial charge in [0.05, 0.1) is 6.61 Å². The van der Waals surface area contributed by atoms with Gasteiger partial charge in [-0.05, 0) is 25.2 Å². The van der Waals surface area contributed by atoms with Gasteiger partial charge in [-0.25, -0.2) is 4.98 Å². The van der Waals surface area contributed by atoms with Gasteiger partial charge in [-0.3, -0.25) is 0 Å². The largest absolute Gasteiger partial charge is 0.396 e. The molecule has 0 amide bonds. The maximum Gasteiger partial charge on any atom is 0.202 e. The Morgan fingerprint density at radius 3 is 3.17 bits per heavy atom. The van der Waals surface area contributed by atoms with Gasteiger partial charge in [0.25, 0.3) is 0 Å². The van der Waals surface area contributed by atoms with Crippen molar-refractivity contribution < 1.29 is 9.84 Å². The molecule has 6 heteroatoms. The number of aliphatic hydroxyl groups excluding tert-OH is 1. The monoisotopic (exact) mass is 271 g/mol. The highest BCUT2D eigenvalue weighted by Crippen LogP contribution is 2.31. The number of methoxy groups -OCH3 is 1. The van der Waals surface area contributed by atoms with Crippen LogP contribution in [0, 0.1) is 5.92 Å². The minimum absolute atomic E-state index is 0.276. The van der Waals surface area contributed by atoms with Crippen molar-refractivity contribution in [2.45, 2.75) is 38.1 Å². The van der Waals surface area contributed by atoms with E-state index in [0.717, 1.165) is 30.2 Å². The smallest absolute Gasteiger partial charge is 0.202 e. The average Bonchev–Trinajstić information content (AvgIpc) is 2.98. The van der Waals surface area contributed by atoms with E-state index in [9.17, 15) is 0 Å². The normalized spacial score (nSPS) is 23.4. The average molecular weight is 271 g/mol. The fraction of sp³-hybridized carbons (Fsp3) is 0.833. The van der Waals surface area contributed by atoms with Gasteiger partial charge < -0.3 is 15.2 Å². The van der Waals surface area contributed by atoms with Gasteiger partial charge in [-0.2, -0.15) is 4.37 Å². The number of nitrogens with one attached hydrogen (secondary N) is 1. The summed E-state index contributed by atoms with van der Waals surface area (Å²) in [6, 6.07) is 0.445. The highest BCUT2D eigenvalue weighted by molar-refractivity contribution is 7.09. The van der Waals surface area contributed by atoms with Crippen LogP contribution in [0.25, 0.3) is 0 Å². The van der Waals surface area contributed by atoms with Gasteiger partial charge in [-0.1, -0.05) is 6.42 Å². The number of nitrogens with zero attached hydrogens (tertiary/aromatic N) is 2. The second-order valence-electron chi connectivity index (χ2n) is 4.71. The first-order chi connectivity index (χ1) is 8.83. The van der Waals surface area contributed by atoms with Gasteiger partial charge in [0, 0.05) is 37.7 Å². The molecule has 1 saturated carbocycles. The molecule has 1 heterocycles. The molecule has 0 spiro atoms. The number of rotatable bonds is 7. The number of aromatic nitrogens is 2. The first-order valence-electron chi connectivity index (χ1n) is 6.52. The summed E-state index contributed by atoms with van der Waals surface area (Å²) < 4.78 is 9.32. The van der Waals surface area contributed by atoms with Crippen LogP contribution < -0.4 is 5.32 Å². The molecule has 1 fully saturated rings. The van der Waals surface area contributed by atoms with Crippen LogP contribution in [-0.4, -0.2) is 40.8 Å². The third-order valence-electron chi connectivity index (χ3n) is 3.47. The summed E-state index contributed by atoms with van der Waals surface area (Å²) in [5.74, 6) is 1.42. The second-order valence-corrected chi connectivity index (χ2v) is 5.46. The molecular formula is C12H21N3O2S. The molecule has 2 rings (SSSR count). The number of aliphatic hydroxyl groups is 1. The molecule has 18 heavy (non-hydrogen) atoms. The second kappa shape index (κ2) is 7.01. The molecule has 0 aliphatic heterocycles. The van der Waals surface area contributed by atoms with Crippen LogP contribution in [0.5, 0.6) is 0 Å². The molecule has 0 aromatic carbocycles. The summed E-state index contributed by atoms with van der Waals surface area (Å²) in [4.78, 5) is 4.46. The molecule has 102 valence electrons. The first kappa shape index (κ1) is 13.7. The van der Waals surface area contributed by atoms with Gasteiger partial charge in [0.15, 0.2) is 0 Å².